The lowest BCUT2D eigenvalue weighted by molar-refractivity contribution is -0.127. The number of rotatable bonds is 2. The highest BCUT2D eigenvalue weighted by atomic mass is 16.4. The minimum atomic E-state index is -1.11. The fourth-order valence-electron chi connectivity index (χ4n) is 1.79. The first-order valence-electron chi connectivity index (χ1n) is 5.64. The van der Waals surface area contributed by atoms with Gasteiger partial charge in [-0.3, -0.25) is 4.79 Å². The molecule has 2 heterocycles. The molecule has 0 saturated carbocycles. The van der Waals surface area contributed by atoms with Crippen molar-refractivity contribution in [3.05, 3.63) is 17.8 Å². The maximum absolute atomic E-state index is 11.7. The Bertz CT molecular complexity index is 460. The van der Waals surface area contributed by atoms with Crippen molar-refractivity contribution in [1.29, 1.82) is 0 Å². The summed E-state index contributed by atoms with van der Waals surface area (Å²) in [4.78, 5) is 25.9. The molecule has 1 aliphatic heterocycles. The third kappa shape index (κ3) is 2.55. The van der Waals surface area contributed by atoms with E-state index in [0.29, 0.717) is 12.4 Å². The minimum absolute atomic E-state index is 0.0246. The van der Waals surface area contributed by atoms with E-state index >= 15 is 0 Å². The lowest BCUT2D eigenvalue weighted by atomic mass is 10.3. The number of carbonyl (C=O) groups excluding carboxylic acids is 1. The van der Waals surface area contributed by atoms with Crippen LogP contribution in [0, 0.1) is 0 Å². The molecule has 1 amide bonds. The zero-order valence-electron chi connectivity index (χ0n) is 10.0. The zero-order valence-corrected chi connectivity index (χ0v) is 10.0. The van der Waals surface area contributed by atoms with Crippen LogP contribution in [0.2, 0.25) is 0 Å². The molecule has 96 valence electrons. The van der Waals surface area contributed by atoms with Crippen LogP contribution in [0.15, 0.2) is 12.1 Å². The number of carboxylic acids is 1. The second kappa shape index (κ2) is 4.99. The summed E-state index contributed by atoms with van der Waals surface area (Å²) in [6, 6.07) is 2.97. The number of aromatic carboxylic acids is 1. The summed E-state index contributed by atoms with van der Waals surface area (Å²) in [6.07, 6.45) is 0.852. The van der Waals surface area contributed by atoms with Gasteiger partial charge in [0.2, 0.25) is 5.91 Å². The molecular weight excluding hydrogens is 236 g/mol. The fourth-order valence-corrected chi connectivity index (χ4v) is 1.79. The molecule has 0 bridgehead atoms. The Morgan fingerprint density at radius 2 is 2.11 bits per heavy atom. The van der Waals surface area contributed by atoms with Gasteiger partial charge in [0.1, 0.15) is 0 Å². The van der Waals surface area contributed by atoms with E-state index in [2.05, 4.69) is 10.2 Å². The van der Waals surface area contributed by atoms with Gasteiger partial charge in [0.25, 0.3) is 0 Å². The molecule has 2 rings (SSSR count). The molecular formula is C11H14N4O3. The topological polar surface area (TPSA) is 86.6 Å². The van der Waals surface area contributed by atoms with Gasteiger partial charge in [-0.15, -0.1) is 10.2 Å². The second-order valence-electron chi connectivity index (χ2n) is 4.17. The van der Waals surface area contributed by atoms with Gasteiger partial charge >= 0.3 is 5.97 Å². The molecule has 7 nitrogen and oxygen atoms in total. The van der Waals surface area contributed by atoms with Crippen molar-refractivity contribution in [2.45, 2.75) is 6.42 Å². The Labute approximate surface area is 104 Å². The number of hydrogen-bond acceptors (Lipinski definition) is 5. The van der Waals surface area contributed by atoms with Crippen LogP contribution in [-0.4, -0.2) is 58.8 Å². The molecule has 0 radical (unpaired) electrons. The summed E-state index contributed by atoms with van der Waals surface area (Å²) in [5, 5.41) is 16.2. The van der Waals surface area contributed by atoms with Gasteiger partial charge in [-0.1, -0.05) is 0 Å². The molecule has 1 aromatic rings. The van der Waals surface area contributed by atoms with Crippen molar-refractivity contribution in [1.82, 2.24) is 15.1 Å². The van der Waals surface area contributed by atoms with E-state index in [1.165, 1.54) is 6.07 Å². The molecule has 0 aromatic carbocycles. The van der Waals surface area contributed by atoms with Crippen molar-refractivity contribution in [2.75, 3.05) is 31.6 Å². The largest absolute Gasteiger partial charge is 0.476 e. The van der Waals surface area contributed by atoms with Crippen LogP contribution < -0.4 is 4.90 Å². The van der Waals surface area contributed by atoms with Crippen molar-refractivity contribution < 1.29 is 14.7 Å². The Hall–Kier alpha value is -2.18. The maximum Gasteiger partial charge on any atom is 0.356 e. The van der Waals surface area contributed by atoms with Gasteiger partial charge < -0.3 is 14.9 Å². The lowest BCUT2D eigenvalue weighted by Crippen LogP contribution is -2.34. The van der Waals surface area contributed by atoms with Crippen molar-refractivity contribution in [3.8, 4) is 0 Å². The van der Waals surface area contributed by atoms with Crippen LogP contribution in [0.25, 0.3) is 0 Å². The first-order chi connectivity index (χ1) is 8.58. The summed E-state index contributed by atoms with van der Waals surface area (Å²) in [5.41, 5.74) is -0.1000. The summed E-state index contributed by atoms with van der Waals surface area (Å²) < 4.78 is 0. The van der Waals surface area contributed by atoms with Crippen LogP contribution >= 0.6 is 0 Å². The van der Waals surface area contributed by atoms with Crippen molar-refractivity contribution in [2.24, 2.45) is 0 Å². The van der Waals surface area contributed by atoms with Gasteiger partial charge in [-0.05, 0) is 18.6 Å². The molecule has 0 spiro atoms. The summed E-state index contributed by atoms with van der Waals surface area (Å²) in [7, 11) is 1.77. The summed E-state index contributed by atoms with van der Waals surface area (Å²) in [5.74, 6) is -0.555. The van der Waals surface area contributed by atoms with Gasteiger partial charge in [-0.25, -0.2) is 4.79 Å². The lowest BCUT2D eigenvalue weighted by Gasteiger charge is -2.19. The predicted octanol–water partition coefficient (Wildman–Crippen LogP) is -0.157. The van der Waals surface area contributed by atoms with Gasteiger partial charge in [0, 0.05) is 20.1 Å². The van der Waals surface area contributed by atoms with Gasteiger partial charge in [0.05, 0.1) is 6.54 Å². The molecule has 1 fully saturated rings. The highest BCUT2D eigenvalue weighted by Crippen LogP contribution is 2.13. The smallest absolute Gasteiger partial charge is 0.356 e. The second-order valence-corrected chi connectivity index (χ2v) is 4.17. The minimum Gasteiger partial charge on any atom is -0.476 e. The van der Waals surface area contributed by atoms with Crippen LogP contribution in [0.5, 0.6) is 0 Å². The highest BCUT2D eigenvalue weighted by Gasteiger charge is 2.20. The predicted molar refractivity (Wildman–Crippen MR) is 63.5 cm³/mol. The molecule has 0 atom stereocenters. The van der Waals surface area contributed by atoms with Crippen LogP contribution in [-0.2, 0) is 4.79 Å². The van der Waals surface area contributed by atoms with E-state index in [-0.39, 0.29) is 18.1 Å². The van der Waals surface area contributed by atoms with E-state index in [1.807, 2.05) is 4.90 Å². The standard InChI is InChI=1S/C11H14N4O3/c1-14-5-2-6-15(7-10(14)16)9-4-3-8(11(17)18)12-13-9/h3-4H,2,5-7H2,1H3,(H,17,18). The number of anilines is 1. The molecule has 1 aromatic heterocycles. The first kappa shape index (κ1) is 12.3. The van der Waals surface area contributed by atoms with Crippen molar-refractivity contribution in [3.63, 3.8) is 0 Å². The number of aromatic nitrogens is 2. The zero-order chi connectivity index (χ0) is 13.1. The molecule has 1 N–H and O–H groups in total. The number of carbonyl (C=O) groups is 2. The molecule has 18 heavy (non-hydrogen) atoms. The number of amides is 1. The van der Waals surface area contributed by atoms with E-state index in [9.17, 15) is 9.59 Å². The molecule has 1 aliphatic rings. The van der Waals surface area contributed by atoms with Crippen LogP contribution in [0.1, 0.15) is 16.9 Å². The molecule has 1 saturated heterocycles. The molecule has 0 aliphatic carbocycles. The number of hydrogen-bond donors (Lipinski definition) is 1. The third-order valence-electron chi connectivity index (χ3n) is 2.87. The molecule has 7 heteroatoms. The highest BCUT2D eigenvalue weighted by molar-refractivity contribution is 5.85. The number of nitrogens with zero attached hydrogens (tertiary/aromatic N) is 4. The average molecular weight is 250 g/mol. The Morgan fingerprint density at radius 1 is 1.33 bits per heavy atom. The monoisotopic (exact) mass is 250 g/mol. The quantitative estimate of drug-likeness (QED) is 0.785. The molecule has 0 unspecified atom stereocenters. The SMILES string of the molecule is CN1CCCN(c2ccc(C(=O)O)nn2)CC1=O. The Kier molecular flexibility index (Phi) is 3.40. The van der Waals surface area contributed by atoms with E-state index in [4.69, 9.17) is 5.11 Å². The first-order valence-corrected chi connectivity index (χ1v) is 5.64. The number of carboxylic acid groups (broad SMARTS) is 1. The van der Waals surface area contributed by atoms with Crippen LogP contribution in [0.3, 0.4) is 0 Å². The maximum atomic E-state index is 11.7. The van der Waals surface area contributed by atoms with E-state index in [1.54, 1.807) is 18.0 Å². The van der Waals surface area contributed by atoms with Crippen LogP contribution in [0.4, 0.5) is 5.82 Å². The van der Waals surface area contributed by atoms with Crippen molar-refractivity contribution >= 4 is 17.7 Å². The van der Waals surface area contributed by atoms with Gasteiger partial charge in [0.15, 0.2) is 11.5 Å². The van der Waals surface area contributed by atoms with E-state index in [0.717, 1.165) is 13.0 Å². The summed E-state index contributed by atoms with van der Waals surface area (Å²) in [6.45, 7) is 1.67. The third-order valence-corrected chi connectivity index (χ3v) is 2.87. The van der Waals surface area contributed by atoms with Gasteiger partial charge in [-0.2, -0.15) is 0 Å². The summed E-state index contributed by atoms with van der Waals surface area (Å²) >= 11 is 0. The Morgan fingerprint density at radius 3 is 2.72 bits per heavy atom. The van der Waals surface area contributed by atoms with E-state index < -0.39 is 5.97 Å². The average Bonchev–Trinajstić information content (AvgIpc) is 2.52. The fraction of sp³-hybridized carbons (Fsp3) is 0.455. The Balaban J connectivity index is 2.15. The normalized spacial score (nSPS) is 16.6. The number of likely N-dealkylation sites (N-methyl/N-ethyl adjacent to an activating group) is 1.